The van der Waals surface area contributed by atoms with Crippen LogP contribution >= 0.6 is 11.3 Å². The summed E-state index contributed by atoms with van der Waals surface area (Å²) in [6.45, 7) is 4.45. The zero-order valence-electron chi connectivity index (χ0n) is 12.9. The summed E-state index contributed by atoms with van der Waals surface area (Å²) in [6, 6.07) is 3.36. The highest BCUT2D eigenvalue weighted by molar-refractivity contribution is 7.13. The van der Waals surface area contributed by atoms with Crippen LogP contribution in [-0.2, 0) is 22.6 Å². The summed E-state index contributed by atoms with van der Waals surface area (Å²) in [7, 11) is 1.58. The normalized spacial score (nSPS) is 15.7. The van der Waals surface area contributed by atoms with Crippen molar-refractivity contribution in [1.82, 2.24) is 9.88 Å². The van der Waals surface area contributed by atoms with Crippen LogP contribution in [0, 0.1) is 0 Å². The number of rotatable bonds is 6. The van der Waals surface area contributed by atoms with Gasteiger partial charge in [-0.2, -0.15) is 0 Å². The number of thiazole rings is 1. The van der Waals surface area contributed by atoms with E-state index in [1.54, 1.807) is 19.2 Å². The highest BCUT2D eigenvalue weighted by Gasteiger charge is 2.15. The van der Waals surface area contributed by atoms with Crippen molar-refractivity contribution in [3.63, 3.8) is 0 Å². The fourth-order valence-corrected chi connectivity index (χ4v) is 3.00. The summed E-state index contributed by atoms with van der Waals surface area (Å²) in [5.74, 6) is 0.561. The molecule has 124 valence electrons. The summed E-state index contributed by atoms with van der Waals surface area (Å²) in [6.07, 6.45) is 0. The molecule has 1 fully saturated rings. The van der Waals surface area contributed by atoms with Crippen molar-refractivity contribution in [2.24, 2.45) is 0 Å². The molecule has 0 atom stereocenters. The van der Waals surface area contributed by atoms with Crippen LogP contribution in [0.1, 0.15) is 22.0 Å². The van der Waals surface area contributed by atoms with Gasteiger partial charge in [-0.1, -0.05) is 0 Å². The lowest BCUT2D eigenvalue weighted by Crippen LogP contribution is -2.35. The molecule has 2 aromatic heterocycles. The fourth-order valence-electron chi connectivity index (χ4n) is 2.30. The molecular formula is C15H19N3O4S. The van der Waals surface area contributed by atoms with Gasteiger partial charge in [0.1, 0.15) is 12.4 Å². The van der Waals surface area contributed by atoms with Gasteiger partial charge in [0.05, 0.1) is 18.9 Å². The average Bonchev–Trinajstić information content (AvgIpc) is 3.18. The van der Waals surface area contributed by atoms with Gasteiger partial charge < -0.3 is 13.9 Å². The lowest BCUT2D eigenvalue weighted by atomic mass is 10.4. The van der Waals surface area contributed by atoms with E-state index in [-0.39, 0.29) is 11.7 Å². The van der Waals surface area contributed by atoms with Crippen LogP contribution in [0.25, 0.3) is 0 Å². The highest BCUT2D eigenvalue weighted by Crippen LogP contribution is 2.19. The molecular weight excluding hydrogens is 318 g/mol. The number of carbonyl (C=O) groups is 1. The largest absolute Gasteiger partial charge is 0.453 e. The van der Waals surface area contributed by atoms with Crippen LogP contribution in [0.2, 0.25) is 0 Å². The molecule has 0 aliphatic carbocycles. The molecule has 1 amide bonds. The summed E-state index contributed by atoms with van der Waals surface area (Å²) >= 11 is 1.41. The lowest BCUT2D eigenvalue weighted by molar-refractivity contribution is 0.0337. The van der Waals surface area contributed by atoms with Gasteiger partial charge in [0.2, 0.25) is 0 Å². The van der Waals surface area contributed by atoms with E-state index in [4.69, 9.17) is 13.9 Å². The minimum Gasteiger partial charge on any atom is -0.453 e. The predicted octanol–water partition coefficient (Wildman–Crippen LogP) is 1.97. The molecule has 8 heteroatoms. The van der Waals surface area contributed by atoms with E-state index in [1.165, 1.54) is 11.3 Å². The van der Waals surface area contributed by atoms with Crippen LogP contribution in [0.3, 0.4) is 0 Å². The maximum Gasteiger partial charge on any atom is 0.293 e. The topological polar surface area (TPSA) is 76.8 Å². The smallest absolute Gasteiger partial charge is 0.293 e. The molecule has 0 radical (unpaired) electrons. The van der Waals surface area contributed by atoms with Gasteiger partial charge in [-0.3, -0.25) is 15.0 Å². The van der Waals surface area contributed by atoms with E-state index >= 15 is 0 Å². The Morgan fingerprint density at radius 2 is 2.26 bits per heavy atom. The van der Waals surface area contributed by atoms with E-state index in [1.807, 2.05) is 5.38 Å². The van der Waals surface area contributed by atoms with Crippen molar-refractivity contribution < 1.29 is 18.7 Å². The number of anilines is 1. The molecule has 0 bridgehead atoms. The maximum atomic E-state index is 12.1. The minimum atomic E-state index is -0.306. The lowest BCUT2D eigenvalue weighted by Gasteiger charge is -2.25. The number of methoxy groups -OCH3 is 1. The number of carbonyl (C=O) groups excluding carboxylic acids is 1. The summed E-state index contributed by atoms with van der Waals surface area (Å²) in [4.78, 5) is 18.9. The van der Waals surface area contributed by atoms with Crippen molar-refractivity contribution in [3.8, 4) is 0 Å². The van der Waals surface area contributed by atoms with Gasteiger partial charge in [-0.05, 0) is 12.1 Å². The van der Waals surface area contributed by atoms with Crippen LogP contribution in [0.15, 0.2) is 21.9 Å². The van der Waals surface area contributed by atoms with E-state index < -0.39 is 0 Å². The second-order valence-corrected chi connectivity index (χ2v) is 6.04. The molecule has 1 aliphatic rings. The van der Waals surface area contributed by atoms with E-state index in [9.17, 15) is 4.79 Å². The maximum absolute atomic E-state index is 12.1. The molecule has 0 unspecified atom stereocenters. The van der Waals surface area contributed by atoms with Gasteiger partial charge in [-0.25, -0.2) is 4.98 Å². The van der Waals surface area contributed by atoms with Crippen molar-refractivity contribution in [2.75, 3.05) is 38.7 Å². The van der Waals surface area contributed by atoms with Crippen LogP contribution < -0.4 is 5.32 Å². The molecule has 3 rings (SSSR count). The first-order valence-corrected chi connectivity index (χ1v) is 8.26. The van der Waals surface area contributed by atoms with Crippen LogP contribution in [-0.4, -0.2) is 49.2 Å². The Hall–Kier alpha value is -1.74. The third-order valence-corrected chi connectivity index (χ3v) is 4.24. The third kappa shape index (κ3) is 4.38. The van der Waals surface area contributed by atoms with Crippen molar-refractivity contribution in [3.05, 3.63) is 34.7 Å². The van der Waals surface area contributed by atoms with Gasteiger partial charge in [0, 0.05) is 32.1 Å². The van der Waals surface area contributed by atoms with E-state index in [2.05, 4.69) is 15.2 Å². The number of amides is 1. The quantitative estimate of drug-likeness (QED) is 0.868. The Bertz CT molecular complexity index is 649. The third-order valence-electron chi connectivity index (χ3n) is 3.43. The first-order valence-electron chi connectivity index (χ1n) is 7.38. The average molecular weight is 337 g/mol. The molecule has 0 saturated carbocycles. The van der Waals surface area contributed by atoms with Crippen LogP contribution in [0.5, 0.6) is 0 Å². The number of nitrogens with zero attached hydrogens (tertiary/aromatic N) is 2. The Balaban J connectivity index is 1.56. The highest BCUT2D eigenvalue weighted by atomic mass is 32.1. The zero-order chi connectivity index (χ0) is 16.1. The van der Waals surface area contributed by atoms with Gasteiger partial charge in [0.25, 0.3) is 5.91 Å². The van der Waals surface area contributed by atoms with E-state index in [0.29, 0.717) is 17.5 Å². The Morgan fingerprint density at radius 3 is 3.04 bits per heavy atom. The Morgan fingerprint density at radius 1 is 1.43 bits per heavy atom. The zero-order valence-corrected chi connectivity index (χ0v) is 13.7. The molecule has 3 heterocycles. The molecule has 2 aromatic rings. The van der Waals surface area contributed by atoms with Gasteiger partial charge >= 0.3 is 0 Å². The monoisotopic (exact) mass is 337 g/mol. The summed E-state index contributed by atoms with van der Waals surface area (Å²) in [5.41, 5.74) is 0.951. The minimum absolute atomic E-state index is 0.252. The van der Waals surface area contributed by atoms with Gasteiger partial charge in [-0.15, -0.1) is 11.3 Å². The molecule has 7 nitrogen and oxygen atoms in total. The number of furan rings is 1. The van der Waals surface area contributed by atoms with Crippen molar-refractivity contribution >= 4 is 22.4 Å². The first-order chi connectivity index (χ1) is 11.2. The number of hydrogen-bond acceptors (Lipinski definition) is 7. The molecule has 0 aromatic carbocycles. The number of ether oxygens (including phenoxy) is 2. The number of nitrogens with one attached hydrogen (secondary N) is 1. The number of hydrogen-bond donors (Lipinski definition) is 1. The SMILES string of the molecule is COCc1ccc(C(=O)Nc2nc(CN3CCOCC3)cs2)o1. The summed E-state index contributed by atoms with van der Waals surface area (Å²) < 4.78 is 15.7. The second-order valence-electron chi connectivity index (χ2n) is 5.19. The standard InChI is InChI=1S/C15H19N3O4S/c1-20-9-12-2-3-13(22-12)14(19)17-15-16-11(10-23-15)8-18-4-6-21-7-5-18/h2-3,10H,4-9H2,1H3,(H,16,17,19). The van der Waals surface area contributed by atoms with E-state index in [0.717, 1.165) is 38.5 Å². The molecule has 1 saturated heterocycles. The fraction of sp³-hybridized carbons (Fsp3) is 0.467. The number of morpholine rings is 1. The molecule has 0 spiro atoms. The Kier molecular flexibility index (Phi) is 5.39. The summed E-state index contributed by atoms with van der Waals surface area (Å²) in [5, 5.41) is 5.30. The number of aromatic nitrogens is 1. The Labute approximate surface area is 138 Å². The van der Waals surface area contributed by atoms with Gasteiger partial charge in [0.15, 0.2) is 10.9 Å². The molecule has 1 N–H and O–H groups in total. The van der Waals surface area contributed by atoms with Crippen LogP contribution in [0.4, 0.5) is 5.13 Å². The molecule has 1 aliphatic heterocycles. The molecule has 23 heavy (non-hydrogen) atoms. The van der Waals surface area contributed by atoms with Crippen molar-refractivity contribution in [2.45, 2.75) is 13.2 Å². The second kappa shape index (κ2) is 7.69. The predicted molar refractivity (Wildman–Crippen MR) is 85.6 cm³/mol. The van der Waals surface area contributed by atoms with Crippen molar-refractivity contribution in [1.29, 1.82) is 0 Å². The first kappa shape index (κ1) is 16.1.